The van der Waals surface area contributed by atoms with Crippen molar-refractivity contribution < 1.29 is 22.4 Å². The summed E-state index contributed by atoms with van der Waals surface area (Å²) in [6.45, 7) is -0.116. The number of nitrogens with zero attached hydrogens (tertiary/aromatic N) is 2. The van der Waals surface area contributed by atoms with Crippen molar-refractivity contribution in [1.29, 1.82) is 0 Å². The molecule has 0 bridgehead atoms. The van der Waals surface area contributed by atoms with Crippen LogP contribution in [-0.2, 0) is 23.1 Å². The predicted molar refractivity (Wildman–Crippen MR) is 156 cm³/mol. The van der Waals surface area contributed by atoms with Crippen molar-refractivity contribution in [2.45, 2.75) is 18.0 Å². The van der Waals surface area contributed by atoms with Gasteiger partial charge >= 0.3 is 0 Å². The summed E-state index contributed by atoms with van der Waals surface area (Å²) in [6, 6.07) is 18.6. The van der Waals surface area contributed by atoms with Crippen LogP contribution in [0.1, 0.15) is 27.4 Å². The molecule has 0 fully saturated rings. The van der Waals surface area contributed by atoms with Gasteiger partial charge in [0.05, 0.1) is 40.4 Å². The number of amides is 1. The van der Waals surface area contributed by atoms with Crippen LogP contribution in [0.3, 0.4) is 0 Å². The van der Waals surface area contributed by atoms with Crippen molar-refractivity contribution >= 4 is 68.5 Å². The zero-order valence-corrected chi connectivity index (χ0v) is 24.6. The molecule has 4 rings (SSSR count). The van der Waals surface area contributed by atoms with Crippen LogP contribution in [-0.4, -0.2) is 32.0 Å². The number of benzene rings is 3. The van der Waals surface area contributed by atoms with Gasteiger partial charge in [-0.1, -0.05) is 52.5 Å². The van der Waals surface area contributed by atoms with Crippen LogP contribution in [0.2, 0.25) is 20.1 Å². The van der Waals surface area contributed by atoms with Crippen molar-refractivity contribution in [1.82, 2.24) is 9.73 Å². The molecular formula is C27H21Cl4N3O5S. The number of methoxy groups -OCH3 is 1. The fraction of sp³-hybridized carbons (Fsp3) is 0.111. The van der Waals surface area contributed by atoms with Gasteiger partial charge in [0.2, 0.25) is 10.0 Å². The Morgan fingerprint density at radius 3 is 2.35 bits per heavy atom. The lowest BCUT2D eigenvalue weighted by Gasteiger charge is -2.22. The highest BCUT2D eigenvalue weighted by atomic mass is 35.5. The second-order valence-corrected chi connectivity index (χ2v) is 11.9. The van der Waals surface area contributed by atoms with Crippen molar-refractivity contribution in [3.05, 3.63) is 116 Å². The van der Waals surface area contributed by atoms with E-state index in [1.54, 1.807) is 42.5 Å². The van der Waals surface area contributed by atoms with Crippen LogP contribution in [0.4, 0.5) is 0 Å². The maximum absolute atomic E-state index is 13.6. The number of carbonyl (C=O) groups excluding carboxylic acids is 1. The van der Waals surface area contributed by atoms with E-state index in [4.69, 9.17) is 55.6 Å². The highest BCUT2D eigenvalue weighted by molar-refractivity contribution is 7.89. The van der Waals surface area contributed by atoms with E-state index in [0.29, 0.717) is 37.2 Å². The Balaban J connectivity index is 1.53. The van der Waals surface area contributed by atoms with Gasteiger partial charge in [0, 0.05) is 16.6 Å². The molecule has 13 heteroatoms. The maximum atomic E-state index is 13.6. The molecule has 0 radical (unpaired) electrons. The van der Waals surface area contributed by atoms with Gasteiger partial charge in [-0.2, -0.15) is 9.41 Å². The second kappa shape index (κ2) is 13.1. The largest absolute Gasteiger partial charge is 0.496 e. The normalized spacial score (nSPS) is 11.8. The lowest BCUT2D eigenvalue weighted by Crippen LogP contribution is -2.30. The summed E-state index contributed by atoms with van der Waals surface area (Å²) in [5, 5.41) is 5.35. The Kier molecular flexibility index (Phi) is 9.78. The fourth-order valence-corrected chi connectivity index (χ4v) is 5.63. The van der Waals surface area contributed by atoms with E-state index in [2.05, 4.69) is 10.5 Å². The number of hydrogen-bond acceptors (Lipinski definition) is 6. The Labute approximate surface area is 251 Å². The molecule has 0 saturated carbocycles. The highest BCUT2D eigenvalue weighted by Gasteiger charge is 2.26. The van der Waals surface area contributed by atoms with Crippen LogP contribution < -0.4 is 10.2 Å². The van der Waals surface area contributed by atoms with E-state index in [-0.39, 0.29) is 29.3 Å². The van der Waals surface area contributed by atoms with Crippen LogP contribution in [0.15, 0.2) is 87.2 Å². The molecule has 208 valence electrons. The van der Waals surface area contributed by atoms with Crippen LogP contribution in [0, 0.1) is 0 Å². The number of nitrogens with one attached hydrogen (secondary N) is 1. The summed E-state index contributed by atoms with van der Waals surface area (Å²) in [5.74, 6) is 0.416. The molecule has 1 amide bonds. The van der Waals surface area contributed by atoms with E-state index in [9.17, 15) is 13.2 Å². The molecule has 40 heavy (non-hydrogen) atoms. The molecule has 1 heterocycles. The summed E-state index contributed by atoms with van der Waals surface area (Å²) >= 11 is 24.1. The molecule has 4 aromatic rings. The Bertz CT molecular complexity index is 1660. The van der Waals surface area contributed by atoms with E-state index in [1.165, 1.54) is 48.0 Å². The molecule has 1 N–H and O–H groups in total. The fourth-order valence-electron chi connectivity index (χ4n) is 3.62. The van der Waals surface area contributed by atoms with E-state index in [0.717, 1.165) is 0 Å². The Morgan fingerprint density at radius 1 is 0.925 bits per heavy atom. The van der Waals surface area contributed by atoms with Crippen LogP contribution >= 0.6 is 46.4 Å². The van der Waals surface area contributed by atoms with Crippen molar-refractivity contribution in [2.24, 2.45) is 5.10 Å². The average Bonchev–Trinajstić information content (AvgIpc) is 3.37. The summed E-state index contributed by atoms with van der Waals surface area (Å²) in [4.78, 5) is 12.6. The van der Waals surface area contributed by atoms with E-state index < -0.39 is 15.9 Å². The first-order chi connectivity index (χ1) is 19.1. The minimum Gasteiger partial charge on any atom is -0.496 e. The zero-order valence-electron chi connectivity index (χ0n) is 20.8. The summed E-state index contributed by atoms with van der Waals surface area (Å²) in [7, 11) is -2.54. The first-order valence-electron chi connectivity index (χ1n) is 11.5. The molecule has 0 aliphatic carbocycles. The number of rotatable bonds is 10. The second-order valence-electron chi connectivity index (χ2n) is 8.32. The van der Waals surface area contributed by atoms with Crippen LogP contribution in [0.5, 0.6) is 5.75 Å². The summed E-state index contributed by atoms with van der Waals surface area (Å²) < 4.78 is 39.3. The smallest absolute Gasteiger partial charge is 0.275 e. The third-order valence-electron chi connectivity index (χ3n) is 5.57. The van der Waals surface area contributed by atoms with Gasteiger partial charge in [0.1, 0.15) is 17.3 Å². The Morgan fingerprint density at radius 2 is 1.65 bits per heavy atom. The topological polar surface area (TPSA) is 101 Å². The number of furan rings is 1. The monoisotopic (exact) mass is 639 g/mol. The molecule has 0 spiro atoms. The lowest BCUT2D eigenvalue weighted by atomic mass is 10.2. The maximum Gasteiger partial charge on any atom is 0.275 e. The molecular weight excluding hydrogens is 620 g/mol. The Hall–Kier alpha value is -3.05. The minimum atomic E-state index is -3.97. The van der Waals surface area contributed by atoms with Gasteiger partial charge in [0.15, 0.2) is 0 Å². The van der Waals surface area contributed by atoms with Gasteiger partial charge in [-0.15, -0.1) is 0 Å². The van der Waals surface area contributed by atoms with Gasteiger partial charge in [0.25, 0.3) is 5.91 Å². The van der Waals surface area contributed by atoms with E-state index >= 15 is 0 Å². The molecule has 0 aliphatic rings. The number of sulfonamides is 1. The zero-order chi connectivity index (χ0) is 28.9. The molecule has 0 atom stereocenters. The van der Waals surface area contributed by atoms with Crippen molar-refractivity contribution in [2.75, 3.05) is 7.11 Å². The average molecular weight is 641 g/mol. The van der Waals surface area contributed by atoms with Crippen molar-refractivity contribution in [3.8, 4) is 5.75 Å². The van der Waals surface area contributed by atoms with Gasteiger partial charge < -0.3 is 9.15 Å². The summed E-state index contributed by atoms with van der Waals surface area (Å²) in [6.07, 6.45) is 1.29. The van der Waals surface area contributed by atoms with Gasteiger partial charge in [-0.3, -0.25) is 4.79 Å². The number of halogens is 4. The number of hydrazone groups is 1. The molecule has 3 aromatic carbocycles. The van der Waals surface area contributed by atoms with E-state index in [1.807, 2.05) is 0 Å². The molecule has 8 nitrogen and oxygen atoms in total. The molecule has 1 aromatic heterocycles. The van der Waals surface area contributed by atoms with Gasteiger partial charge in [-0.05, 0) is 72.3 Å². The standard InChI is InChI=1S/C27H21Cl4N3O5S/c1-38-26-11-5-19(29)13-23(26)27(35)33-32-14-20-6-7-21(39-20)16-34(15-17-2-10-24(30)25(31)12-17)40(36,37)22-8-3-18(28)4-9-22/h2-14H,15-16H2,1H3,(H,33,35)/b32-14-. The third kappa shape index (κ3) is 7.37. The quantitative estimate of drug-likeness (QED) is 0.148. The first kappa shape index (κ1) is 29.9. The SMILES string of the molecule is COc1ccc(Cl)cc1C(=O)N/N=C\c1ccc(CN(Cc2ccc(Cl)c(Cl)c2)S(=O)(=O)c2ccc(Cl)cc2)o1. The van der Waals surface area contributed by atoms with Gasteiger partial charge in [-0.25, -0.2) is 13.8 Å². The lowest BCUT2D eigenvalue weighted by molar-refractivity contribution is 0.0952. The molecule has 0 unspecified atom stereocenters. The molecule has 0 saturated heterocycles. The number of ether oxygens (including phenoxy) is 1. The predicted octanol–water partition coefficient (Wildman–Crippen LogP) is 7.06. The third-order valence-corrected chi connectivity index (χ3v) is 8.61. The van der Waals surface area contributed by atoms with Crippen LogP contribution in [0.25, 0.3) is 0 Å². The highest BCUT2D eigenvalue weighted by Crippen LogP contribution is 2.27. The minimum absolute atomic E-state index is 0.0104. The molecule has 0 aliphatic heterocycles. The summed E-state index contributed by atoms with van der Waals surface area (Å²) in [5.41, 5.74) is 3.21. The van der Waals surface area contributed by atoms with Crippen molar-refractivity contribution in [3.63, 3.8) is 0 Å². The number of carbonyl (C=O) groups is 1. The number of hydrogen-bond donors (Lipinski definition) is 1. The first-order valence-corrected chi connectivity index (χ1v) is 14.5.